The van der Waals surface area contributed by atoms with Crippen molar-refractivity contribution in [2.75, 3.05) is 14.1 Å². The Morgan fingerprint density at radius 3 is 2.29 bits per heavy atom. The minimum atomic E-state index is -4.35. The molecule has 1 amide bonds. The summed E-state index contributed by atoms with van der Waals surface area (Å²) >= 11 is 0. The molecule has 0 heterocycles. The molecule has 8 heteroatoms. The summed E-state index contributed by atoms with van der Waals surface area (Å²) in [5.74, 6) is -3.56. The van der Waals surface area contributed by atoms with Crippen molar-refractivity contribution in [3.8, 4) is 0 Å². The molecule has 0 radical (unpaired) electrons. The van der Waals surface area contributed by atoms with Crippen LogP contribution in [0.25, 0.3) is 0 Å². The van der Waals surface area contributed by atoms with Crippen LogP contribution in [-0.4, -0.2) is 39.4 Å². The van der Waals surface area contributed by atoms with Crippen molar-refractivity contribution in [3.63, 3.8) is 0 Å². The van der Waals surface area contributed by atoms with Gasteiger partial charge in [-0.1, -0.05) is 19.9 Å². The van der Waals surface area contributed by atoms with Gasteiger partial charge in [0.25, 0.3) is 0 Å². The van der Waals surface area contributed by atoms with Crippen LogP contribution in [0.2, 0.25) is 0 Å². The molecule has 1 atom stereocenters. The van der Waals surface area contributed by atoms with Crippen molar-refractivity contribution >= 4 is 15.9 Å². The molecule has 1 rings (SSSR count). The highest BCUT2D eigenvalue weighted by atomic mass is 32.2. The molecule has 0 bridgehead atoms. The van der Waals surface area contributed by atoms with E-state index >= 15 is 0 Å². The molecule has 0 saturated carbocycles. The molecule has 0 saturated heterocycles. The Morgan fingerprint density at radius 2 is 1.81 bits per heavy atom. The molecule has 5 nitrogen and oxygen atoms in total. The molecule has 21 heavy (non-hydrogen) atoms. The van der Waals surface area contributed by atoms with Crippen molar-refractivity contribution in [2.24, 2.45) is 5.92 Å². The number of hydrogen-bond donors (Lipinski definition) is 1. The average Bonchev–Trinajstić information content (AvgIpc) is 2.37. The van der Waals surface area contributed by atoms with Gasteiger partial charge in [-0.15, -0.1) is 0 Å². The molecule has 1 aromatic carbocycles. The Labute approximate surface area is 123 Å². The highest BCUT2D eigenvalue weighted by molar-refractivity contribution is 7.89. The van der Waals surface area contributed by atoms with Gasteiger partial charge in [-0.2, -0.15) is 4.72 Å². The molecule has 118 valence electrons. The highest BCUT2D eigenvalue weighted by Crippen LogP contribution is 2.18. The predicted molar refractivity (Wildman–Crippen MR) is 74.0 cm³/mol. The van der Waals surface area contributed by atoms with Gasteiger partial charge >= 0.3 is 0 Å². The van der Waals surface area contributed by atoms with Gasteiger partial charge in [0.15, 0.2) is 11.6 Å². The molecule has 0 aliphatic heterocycles. The van der Waals surface area contributed by atoms with E-state index in [4.69, 9.17) is 0 Å². The molecule has 0 fully saturated rings. The number of hydrogen-bond acceptors (Lipinski definition) is 3. The lowest BCUT2D eigenvalue weighted by Gasteiger charge is -2.24. The Hall–Kier alpha value is -1.54. The van der Waals surface area contributed by atoms with Crippen LogP contribution >= 0.6 is 0 Å². The average molecular weight is 320 g/mol. The maximum Gasteiger partial charge on any atom is 0.244 e. The second-order valence-electron chi connectivity index (χ2n) is 5.13. The van der Waals surface area contributed by atoms with E-state index in [-0.39, 0.29) is 5.92 Å². The third-order valence-corrected chi connectivity index (χ3v) is 4.32. The number of carbonyl (C=O) groups excluding carboxylic acids is 1. The fraction of sp³-hybridized carbons (Fsp3) is 0.462. The molecule has 0 aliphatic carbocycles. The Balaban J connectivity index is 3.19. The number of rotatable bonds is 5. The zero-order valence-corrected chi connectivity index (χ0v) is 13.0. The third-order valence-electron chi connectivity index (χ3n) is 2.86. The first-order chi connectivity index (χ1) is 9.58. The summed E-state index contributed by atoms with van der Waals surface area (Å²) in [6.45, 7) is 3.30. The fourth-order valence-corrected chi connectivity index (χ4v) is 3.10. The Kier molecular flexibility index (Phi) is 5.41. The quantitative estimate of drug-likeness (QED) is 0.891. The number of likely N-dealkylation sites (N-methyl/N-ethyl adjacent to an activating group) is 1. The van der Waals surface area contributed by atoms with Crippen molar-refractivity contribution in [2.45, 2.75) is 24.8 Å². The highest BCUT2D eigenvalue weighted by Gasteiger charge is 2.31. The monoisotopic (exact) mass is 320 g/mol. The minimum absolute atomic E-state index is 0.355. The van der Waals surface area contributed by atoms with Gasteiger partial charge in [-0.05, 0) is 18.1 Å². The summed E-state index contributed by atoms with van der Waals surface area (Å²) in [5, 5.41) is 0. The lowest BCUT2D eigenvalue weighted by atomic mass is 10.0. The van der Waals surface area contributed by atoms with Crippen LogP contribution < -0.4 is 4.72 Å². The SMILES string of the molecule is CC(C)C(NS(=O)(=O)c1cccc(F)c1F)C(=O)N(C)C. The van der Waals surface area contributed by atoms with E-state index in [2.05, 4.69) is 4.72 Å². The van der Waals surface area contributed by atoms with Crippen LogP contribution in [0.5, 0.6) is 0 Å². The topological polar surface area (TPSA) is 66.5 Å². The zero-order valence-electron chi connectivity index (χ0n) is 12.2. The first kappa shape index (κ1) is 17.5. The number of carbonyl (C=O) groups is 1. The largest absolute Gasteiger partial charge is 0.347 e. The minimum Gasteiger partial charge on any atom is -0.347 e. The van der Waals surface area contributed by atoms with Crippen molar-refractivity contribution < 1.29 is 22.0 Å². The Bertz CT molecular complexity index is 630. The third kappa shape index (κ3) is 3.98. The predicted octanol–water partition coefficient (Wildman–Crippen LogP) is 1.36. The molecule has 1 N–H and O–H groups in total. The van der Waals surface area contributed by atoms with Crippen LogP contribution in [0.3, 0.4) is 0 Å². The fourth-order valence-electron chi connectivity index (χ4n) is 1.67. The van der Waals surface area contributed by atoms with Gasteiger partial charge in [0.2, 0.25) is 15.9 Å². The van der Waals surface area contributed by atoms with Crippen LogP contribution in [-0.2, 0) is 14.8 Å². The first-order valence-electron chi connectivity index (χ1n) is 6.25. The lowest BCUT2D eigenvalue weighted by Crippen LogP contribution is -2.49. The van der Waals surface area contributed by atoms with Crippen molar-refractivity contribution in [1.29, 1.82) is 0 Å². The lowest BCUT2D eigenvalue weighted by molar-refractivity contribution is -0.131. The standard InChI is InChI=1S/C13H18F2N2O3S/c1-8(2)12(13(18)17(3)4)16-21(19,20)10-7-5-6-9(14)11(10)15/h5-8,12,16H,1-4H3. The summed E-state index contributed by atoms with van der Waals surface area (Å²) in [7, 11) is -1.39. The van der Waals surface area contributed by atoms with E-state index in [1.165, 1.54) is 19.0 Å². The van der Waals surface area contributed by atoms with Crippen LogP contribution in [0.4, 0.5) is 8.78 Å². The molecular weight excluding hydrogens is 302 g/mol. The van der Waals surface area contributed by atoms with Gasteiger partial charge in [-0.25, -0.2) is 17.2 Å². The Morgan fingerprint density at radius 1 is 1.24 bits per heavy atom. The number of nitrogens with one attached hydrogen (secondary N) is 1. The van der Waals surface area contributed by atoms with Crippen LogP contribution in [0.15, 0.2) is 23.1 Å². The summed E-state index contributed by atoms with van der Waals surface area (Å²) in [6, 6.07) is 1.79. The van der Waals surface area contributed by atoms with Gasteiger partial charge in [-0.3, -0.25) is 4.79 Å². The van der Waals surface area contributed by atoms with E-state index in [1.54, 1.807) is 13.8 Å². The van der Waals surface area contributed by atoms with E-state index in [0.717, 1.165) is 18.2 Å². The number of nitrogens with zero attached hydrogens (tertiary/aromatic N) is 1. The van der Waals surface area contributed by atoms with E-state index in [0.29, 0.717) is 0 Å². The maximum absolute atomic E-state index is 13.6. The first-order valence-corrected chi connectivity index (χ1v) is 7.73. The number of benzene rings is 1. The van der Waals surface area contributed by atoms with Gasteiger partial charge in [0, 0.05) is 14.1 Å². The number of halogens is 2. The van der Waals surface area contributed by atoms with E-state index < -0.39 is 38.5 Å². The summed E-state index contributed by atoms with van der Waals surface area (Å²) in [6.07, 6.45) is 0. The second-order valence-corrected chi connectivity index (χ2v) is 6.81. The molecule has 0 spiro atoms. The summed E-state index contributed by atoms with van der Waals surface area (Å²) < 4.78 is 53.2. The molecule has 1 unspecified atom stereocenters. The van der Waals surface area contributed by atoms with Gasteiger partial charge in [0.1, 0.15) is 10.9 Å². The zero-order chi connectivity index (χ0) is 16.4. The van der Waals surface area contributed by atoms with E-state index in [1.807, 2.05) is 0 Å². The van der Waals surface area contributed by atoms with Crippen molar-refractivity contribution in [3.05, 3.63) is 29.8 Å². The molecular formula is C13H18F2N2O3S. The normalized spacial score (nSPS) is 13.3. The molecule has 0 aliphatic rings. The summed E-state index contributed by atoms with van der Waals surface area (Å²) in [5.41, 5.74) is 0. The number of amides is 1. The molecule has 1 aromatic rings. The smallest absolute Gasteiger partial charge is 0.244 e. The van der Waals surface area contributed by atoms with Gasteiger partial charge < -0.3 is 4.90 Å². The van der Waals surface area contributed by atoms with E-state index in [9.17, 15) is 22.0 Å². The summed E-state index contributed by atoms with van der Waals surface area (Å²) in [4.78, 5) is 12.4. The van der Waals surface area contributed by atoms with Crippen LogP contribution in [0.1, 0.15) is 13.8 Å². The maximum atomic E-state index is 13.6. The second kappa shape index (κ2) is 6.48. The van der Waals surface area contributed by atoms with Gasteiger partial charge in [0.05, 0.1) is 0 Å². The molecule has 0 aromatic heterocycles. The van der Waals surface area contributed by atoms with Crippen LogP contribution in [0, 0.1) is 17.6 Å². The van der Waals surface area contributed by atoms with Crippen molar-refractivity contribution in [1.82, 2.24) is 9.62 Å². The number of sulfonamides is 1.